The first-order chi connectivity index (χ1) is 14.9. The largest absolute Gasteiger partial charge is 0.598 e. The Hall–Kier alpha value is -2.67. The van der Waals surface area contributed by atoms with Crippen LogP contribution in [0.2, 0.25) is 0 Å². The number of hydrogen-bond acceptors (Lipinski definition) is 5. The molecule has 0 radical (unpaired) electrons. The van der Waals surface area contributed by atoms with E-state index < -0.39 is 16.1 Å². The molecule has 1 unspecified atom stereocenters. The van der Waals surface area contributed by atoms with Gasteiger partial charge in [0, 0.05) is 40.1 Å². The van der Waals surface area contributed by atoms with Gasteiger partial charge < -0.3 is 9.08 Å². The molecule has 0 amide bonds. The Bertz CT molecular complexity index is 1150. The third-order valence-electron chi connectivity index (χ3n) is 5.37. The molecule has 0 saturated carbocycles. The van der Waals surface area contributed by atoms with E-state index in [2.05, 4.69) is 27.9 Å². The van der Waals surface area contributed by atoms with Crippen molar-refractivity contribution in [3.05, 3.63) is 84.2 Å². The molecule has 0 aliphatic carbocycles. The second-order valence-electron chi connectivity index (χ2n) is 8.63. The van der Waals surface area contributed by atoms with Crippen molar-refractivity contribution in [1.82, 2.24) is 14.9 Å². The zero-order chi connectivity index (χ0) is 22.0. The summed E-state index contributed by atoms with van der Waals surface area (Å²) in [7, 11) is 0. The van der Waals surface area contributed by atoms with Gasteiger partial charge in [-0.1, -0.05) is 54.5 Å². The lowest BCUT2D eigenvalue weighted by molar-refractivity contribution is 0.458. The lowest BCUT2D eigenvalue weighted by Gasteiger charge is -2.31. The molecule has 4 rings (SSSR count). The molecule has 160 valence electrons. The zero-order valence-corrected chi connectivity index (χ0v) is 19.0. The molecule has 0 bridgehead atoms. The van der Waals surface area contributed by atoms with Gasteiger partial charge in [0.15, 0.2) is 5.58 Å². The lowest BCUT2D eigenvalue weighted by Crippen LogP contribution is -2.42. The first-order valence-corrected chi connectivity index (χ1v) is 11.5. The van der Waals surface area contributed by atoms with E-state index in [0.717, 1.165) is 33.5 Å². The van der Waals surface area contributed by atoms with Gasteiger partial charge in [0.1, 0.15) is 10.4 Å². The summed E-state index contributed by atoms with van der Waals surface area (Å²) < 4.78 is 21.7. The van der Waals surface area contributed by atoms with Gasteiger partial charge in [-0.2, -0.15) is 0 Å². The van der Waals surface area contributed by atoms with Crippen molar-refractivity contribution >= 4 is 22.3 Å². The number of nitrogens with one attached hydrogen (secondary N) is 1. The van der Waals surface area contributed by atoms with Crippen molar-refractivity contribution in [2.75, 3.05) is 0 Å². The third kappa shape index (κ3) is 4.51. The van der Waals surface area contributed by atoms with Gasteiger partial charge >= 0.3 is 0 Å². The zero-order valence-electron chi connectivity index (χ0n) is 18.2. The molecule has 1 N–H and O–H groups in total. The molecule has 5 nitrogen and oxygen atoms in total. The first kappa shape index (κ1) is 21.6. The van der Waals surface area contributed by atoms with Crippen LogP contribution in [0, 0.1) is 0 Å². The van der Waals surface area contributed by atoms with Crippen LogP contribution in [-0.4, -0.2) is 19.4 Å². The topological polar surface area (TPSA) is 74.0 Å². The van der Waals surface area contributed by atoms with Crippen LogP contribution in [0.15, 0.2) is 77.4 Å². The maximum absolute atomic E-state index is 13.1. The third-order valence-corrected chi connectivity index (χ3v) is 6.95. The number of para-hydroxylation sites is 1. The molecule has 4 aromatic rings. The standard InChI is InChI=1S/C25H27N3O2S/c1-17(21-14-9-10-16-26-21)23(28-31(29)25(2,3)4)18-11-5-6-12-19(18)24-20-13-7-8-15-22(20)30-27-24/h5-17,23,28H,1-4H3/t17-,23-,31?/m1/s1. The Morgan fingerprint density at radius 3 is 2.42 bits per heavy atom. The number of rotatable bonds is 6. The van der Waals surface area contributed by atoms with Gasteiger partial charge in [-0.05, 0) is 50.6 Å². The summed E-state index contributed by atoms with van der Waals surface area (Å²) in [5.41, 5.74) is 4.43. The van der Waals surface area contributed by atoms with Crippen molar-refractivity contribution in [2.45, 2.75) is 44.4 Å². The molecule has 2 aromatic carbocycles. The molecule has 0 aliphatic heterocycles. The van der Waals surface area contributed by atoms with E-state index >= 15 is 0 Å². The molecule has 3 atom stereocenters. The Morgan fingerprint density at radius 2 is 1.68 bits per heavy atom. The Labute approximate surface area is 186 Å². The molecule has 0 aliphatic rings. The van der Waals surface area contributed by atoms with Crippen LogP contribution in [0.1, 0.15) is 50.9 Å². The Kier molecular flexibility index (Phi) is 6.14. The van der Waals surface area contributed by atoms with Crippen molar-refractivity contribution in [1.29, 1.82) is 0 Å². The molecule has 0 saturated heterocycles. The van der Waals surface area contributed by atoms with Crippen LogP contribution >= 0.6 is 0 Å². The van der Waals surface area contributed by atoms with E-state index in [4.69, 9.17) is 4.52 Å². The fourth-order valence-electron chi connectivity index (χ4n) is 3.61. The average molecular weight is 434 g/mol. The summed E-state index contributed by atoms with van der Waals surface area (Å²) in [5, 5.41) is 5.33. The summed E-state index contributed by atoms with van der Waals surface area (Å²) in [6, 6.07) is 21.6. The Balaban J connectivity index is 1.84. The maximum atomic E-state index is 13.1. The highest BCUT2D eigenvalue weighted by molar-refractivity contribution is 7.90. The molecule has 31 heavy (non-hydrogen) atoms. The van der Waals surface area contributed by atoms with Crippen LogP contribution in [0.25, 0.3) is 22.2 Å². The van der Waals surface area contributed by atoms with Crippen LogP contribution in [-0.2, 0) is 11.4 Å². The number of hydrogen-bond donors (Lipinski definition) is 1. The minimum Gasteiger partial charge on any atom is -0.598 e. The number of nitrogens with zero attached hydrogens (tertiary/aromatic N) is 2. The first-order valence-electron chi connectivity index (χ1n) is 10.4. The molecule has 2 heterocycles. The highest BCUT2D eigenvalue weighted by atomic mass is 32.2. The van der Waals surface area contributed by atoms with E-state index in [1.165, 1.54) is 0 Å². The van der Waals surface area contributed by atoms with Crippen LogP contribution in [0.5, 0.6) is 0 Å². The Morgan fingerprint density at radius 1 is 0.968 bits per heavy atom. The molecular weight excluding hydrogens is 406 g/mol. The van der Waals surface area contributed by atoms with Gasteiger partial charge in [0.05, 0.1) is 6.04 Å². The monoisotopic (exact) mass is 433 g/mol. The highest BCUT2D eigenvalue weighted by Gasteiger charge is 2.34. The smallest absolute Gasteiger partial charge is 0.167 e. The van der Waals surface area contributed by atoms with Crippen LogP contribution in [0.3, 0.4) is 0 Å². The molecule has 6 heteroatoms. The van der Waals surface area contributed by atoms with Gasteiger partial charge in [-0.3, -0.25) is 4.98 Å². The highest BCUT2D eigenvalue weighted by Crippen LogP contribution is 2.39. The molecule has 2 aromatic heterocycles. The van der Waals surface area contributed by atoms with Gasteiger partial charge in [0.2, 0.25) is 0 Å². The summed E-state index contributed by atoms with van der Waals surface area (Å²) >= 11 is -1.27. The van der Waals surface area contributed by atoms with Crippen LogP contribution in [0.4, 0.5) is 0 Å². The summed E-state index contributed by atoms with van der Waals surface area (Å²) in [4.78, 5) is 4.56. The minimum atomic E-state index is -1.27. The van der Waals surface area contributed by atoms with Crippen LogP contribution < -0.4 is 4.72 Å². The summed E-state index contributed by atoms with van der Waals surface area (Å²) in [6.45, 7) is 8.01. The number of pyridine rings is 1. The van der Waals surface area contributed by atoms with E-state index in [1.807, 2.05) is 81.4 Å². The normalized spacial score (nSPS) is 15.0. The van der Waals surface area contributed by atoms with E-state index in [1.54, 1.807) is 6.20 Å². The van der Waals surface area contributed by atoms with Crippen molar-refractivity contribution < 1.29 is 9.08 Å². The van der Waals surface area contributed by atoms with Crippen molar-refractivity contribution in [3.63, 3.8) is 0 Å². The average Bonchev–Trinajstić information content (AvgIpc) is 3.21. The number of fused-ring (bicyclic) bond motifs is 1. The number of aromatic nitrogens is 2. The molecule has 0 spiro atoms. The van der Waals surface area contributed by atoms with Gasteiger partial charge in [-0.15, -0.1) is 4.72 Å². The SMILES string of the molecule is C[C@H](c1ccccn1)[C@@H](N[S+]([O-])C(C)(C)C)c1ccccc1-c1noc2ccccc12. The second-order valence-corrected chi connectivity index (χ2v) is 10.6. The number of benzene rings is 2. The summed E-state index contributed by atoms with van der Waals surface area (Å²) in [6.07, 6.45) is 1.79. The second kappa shape index (κ2) is 8.83. The molecular formula is C25H27N3O2S. The van der Waals surface area contributed by atoms with Crippen molar-refractivity contribution in [2.24, 2.45) is 0 Å². The van der Waals surface area contributed by atoms with E-state index in [-0.39, 0.29) is 12.0 Å². The van der Waals surface area contributed by atoms with Crippen molar-refractivity contribution in [3.8, 4) is 11.3 Å². The lowest BCUT2D eigenvalue weighted by atomic mass is 9.88. The quantitative estimate of drug-likeness (QED) is 0.390. The fourth-order valence-corrected chi connectivity index (χ4v) is 4.52. The van der Waals surface area contributed by atoms with E-state index in [0.29, 0.717) is 0 Å². The summed E-state index contributed by atoms with van der Waals surface area (Å²) in [5.74, 6) is -0.0215. The van der Waals surface area contributed by atoms with E-state index in [9.17, 15) is 4.55 Å². The van der Waals surface area contributed by atoms with Gasteiger partial charge in [0.25, 0.3) is 0 Å². The molecule has 0 fully saturated rings. The maximum Gasteiger partial charge on any atom is 0.167 e. The van der Waals surface area contributed by atoms with Gasteiger partial charge in [-0.25, -0.2) is 0 Å². The predicted octanol–water partition coefficient (Wildman–Crippen LogP) is 5.79. The minimum absolute atomic E-state index is 0.0215. The fraction of sp³-hybridized carbons (Fsp3) is 0.280. The predicted molar refractivity (Wildman–Crippen MR) is 126 cm³/mol.